The molecule has 1 atom stereocenters. The average Bonchev–Trinajstić information content (AvgIpc) is 3.20. The van der Waals surface area contributed by atoms with Gasteiger partial charge in [-0.25, -0.2) is 0 Å². The molecule has 5 rings (SSSR count). The molecule has 0 amide bonds. The lowest BCUT2D eigenvalue weighted by Crippen LogP contribution is -2.55. The number of hydrogen-bond acceptors (Lipinski definition) is 4. The Balaban J connectivity index is 1.21. The summed E-state index contributed by atoms with van der Waals surface area (Å²) in [6.07, 6.45) is 4.80. The summed E-state index contributed by atoms with van der Waals surface area (Å²) in [4.78, 5) is 7.95. The first-order chi connectivity index (χ1) is 15.7. The van der Waals surface area contributed by atoms with Crippen LogP contribution in [0.4, 0.5) is 5.69 Å². The van der Waals surface area contributed by atoms with E-state index in [2.05, 4.69) is 82.4 Å². The highest BCUT2D eigenvalue weighted by atomic mass is 15.3. The minimum Gasteiger partial charge on any atom is -0.369 e. The number of para-hydroxylation sites is 1. The number of likely N-dealkylation sites (tertiary alicyclic amines) is 1. The second-order valence-electron chi connectivity index (χ2n) is 9.38. The summed E-state index contributed by atoms with van der Waals surface area (Å²) in [5, 5.41) is 4.77. The van der Waals surface area contributed by atoms with E-state index in [4.69, 9.17) is 5.10 Å². The van der Waals surface area contributed by atoms with E-state index < -0.39 is 0 Å². The van der Waals surface area contributed by atoms with Gasteiger partial charge in [-0.3, -0.25) is 14.5 Å². The Morgan fingerprint density at radius 2 is 1.66 bits per heavy atom. The Morgan fingerprint density at radius 3 is 2.44 bits per heavy atom. The quantitative estimate of drug-likeness (QED) is 0.608. The predicted molar refractivity (Wildman–Crippen MR) is 132 cm³/mol. The summed E-state index contributed by atoms with van der Waals surface area (Å²) in [5.41, 5.74) is 6.47. The van der Waals surface area contributed by atoms with E-state index in [1.54, 1.807) is 0 Å². The highest BCUT2D eigenvalue weighted by Crippen LogP contribution is 2.26. The Morgan fingerprint density at radius 1 is 0.906 bits per heavy atom. The van der Waals surface area contributed by atoms with Gasteiger partial charge in [0.25, 0.3) is 0 Å². The van der Waals surface area contributed by atoms with Gasteiger partial charge >= 0.3 is 0 Å². The first kappa shape index (κ1) is 21.2. The van der Waals surface area contributed by atoms with Crippen LogP contribution < -0.4 is 4.90 Å². The SMILES string of the molecule is Cc1ccccc1N1CCN(C2CCCN(Cc3cn(C)nc3-c3ccccc3)C2)CC1. The van der Waals surface area contributed by atoms with Crippen LogP contribution in [-0.4, -0.2) is 64.9 Å². The van der Waals surface area contributed by atoms with Crippen molar-refractivity contribution in [1.29, 1.82) is 0 Å². The minimum atomic E-state index is 0.666. The fourth-order valence-corrected chi connectivity index (χ4v) is 5.45. The number of benzene rings is 2. The van der Waals surface area contributed by atoms with Crippen molar-refractivity contribution >= 4 is 5.69 Å². The minimum absolute atomic E-state index is 0.666. The average molecular weight is 430 g/mol. The van der Waals surface area contributed by atoms with Crippen LogP contribution in [0.5, 0.6) is 0 Å². The Kier molecular flexibility index (Phi) is 6.28. The Hall–Kier alpha value is -2.63. The van der Waals surface area contributed by atoms with Crippen LogP contribution in [0.1, 0.15) is 24.0 Å². The fourth-order valence-electron chi connectivity index (χ4n) is 5.45. The zero-order valence-corrected chi connectivity index (χ0v) is 19.5. The zero-order chi connectivity index (χ0) is 21.9. The lowest BCUT2D eigenvalue weighted by molar-refractivity contribution is 0.0888. The number of piperazine rings is 1. The molecule has 2 aliphatic rings. The van der Waals surface area contributed by atoms with Gasteiger partial charge in [0.05, 0.1) is 5.69 Å². The number of piperidine rings is 1. The van der Waals surface area contributed by atoms with E-state index in [9.17, 15) is 0 Å². The molecule has 0 N–H and O–H groups in total. The summed E-state index contributed by atoms with van der Waals surface area (Å²) < 4.78 is 1.96. The normalized spacial score (nSPS) is 20.6. The van der Waals surface area contributed by atoms with Crippen molar-refractivity contribution in [2.45, 2.75) is 32.4 Å². The molecule has 0 aliphatic carbocycles. The zero-order valence-electron chi connectivity index (χ0n) is 19.5. The monoisotopic (exact) mass is 429 g/mol. The maximum Gasteiger partial charge on any atom is 0.0968 e. The molecule has 0 spiro atoms. The molecule has 32 heavy (non-hydrogen) atoms. The topological polar surface area (TPSA) is 27.5 Å². The standard InChI is InChI=1S/C27H35N5/c1-22-9-6-7-13-26(22)32-17-15-31(16-18-32)25-12-8-14-30(21-25)20-24-19-29(2)28-27(24)23-10-4-3-5-11-23/h3-7,9-11,13,19,25H,8,12,14-18,20-21H2,1-2H3. The molecule has 2 aliphatic heterocycles. The van der Waals surface area contributed by atoms with Crippen molar-refractivity contribution in [2.24, 2.45) is 7.05 Å². The van der Waals surface area contributed by atoms with Gasteiger partial charge in [0.1, 0.15) is 0 Å². The molecule has 0 radical (unpaired) electrons. The number of aryl methyl sites for hydroxylation is 2. The molecular formula is C27H35N5. The van der Waals surface area contributed by atoms with E-state index in [-0.39, 0.29) is 0 Å². The van der Waals surface area contributed by atoms with Gasteiger partial charge in [0, 0.05) is 75.4 Å². The second kappa shape index (κ2) is 9.47. The molecule has 1 aromatic heterocycles. The smallest absolute Gasteiger partial charge is 0.0968 e. The van der Waals surface area contributed by atoms with Crippen molar-refractivity contribution < 1.29 is 0 Å². The van der Waals surface area contributed by atoms with Crippen molar-refractivity contribution in [3.8, 4) is 11.3 Å². The number of anilines is 1. The van der Waals surface area contributed by atoms with Crippen molar-refractivity contribution in [3.63, 3.8) is 0 Å². The van der Waals surface area contributed by atoms with Gasteiger partial charge in [0.2, 0.25) is 0 Å². The molecule has 3 heterocycles. The molecule has 3 aromatic rings. The molecule has 2 saturated heterocycles. The predicted octanol–water partition coefficient (Wildman–Crippen LogP) is 4.18. The van der Waals surface area contributed by atoms with Crippen LogP contribution in [0.15, 0.2) is 60.8 Å². The summed E-state index contributed by atoms with van der Waals surface area (Å²) in [6, 6.07) is 20.1. The third-order valence-electron chi connectivity index (χ3n) is 7.11. The summed E-state index contributed by atoms with van der Waals surface area (Å²) in [5.74, 6) is 0. The van der Waals surface area contributed by atoms with Gasteiger partial charge in [0.15, 0.2) is 0 Å². The summed E-state index contributed by atoms with van der Waals surface area (Å²) in [6.45, 7) is 10.1. The molecule has 1 unspecified atom stereocenters. The maximum atomic E-state index is 4.77. The summed E-state index contributed by atoms with van der Waals surface area (Å²) in [7, 11) is 2.03. The first-order valence-corrected chi connectivity index (χ1v) is 12.0. The largest absolute Gasteiger partial charge is 0.369 e. The van der Waals surface area contributed by atoms with Crippen LogP contribution in [0.2, 0.25) is 0 Å². The van der Waals surface area contributed by atoms with Crippen molar-refractivity contribution in [1.82, 2.24) is 19.6 Å². The highest BCUT2D eigenvalue weighted by Gasteiger charge is 2.29. The molecular weight excluding hydrogens is 394 g/mol. The van der Waals surface area contributed by atoms with Crippen molar-refractivity contribution in [3.05, 3.63) is 71.9 Å². The third kappa shape index (κ3) is 4.59. The molecule has 0 bridgehead atoms. The van der Waals surface area contributed by atoms with Gasteiger partial charge < -0.3 is 4.90 Å². The van der Waals surface area contributed by atoms with Gasteiger partial charge in [-0.05, 0) is 37.9 Å². The van der Waals surface area contributed by atoms with Crippen LogP contribution in [-0.2, 0) is 13.6 Å². The molecule has 0 saturated carbocycles. The fraction of sp³-hybridized carbons (Fsp3) is 0.444. The van der Waals surface area contributed by atoms with E-state index in [0.29, 0.717) is 6.04 Å². The van der Waals surface area contributed by atoms with Crippen LogP contribution in [0, 0.1) is 6.92 Å². The first-order valence-electron chi connectivity index (χ1n) is 12.0. The van der Waals surface area contributed by atoms with E-state index >= 15 is 0 Å². The van der Waals surface area contributed by atoms with Gasteiger partial charge in [-0.15, -0.1) is 0 Å². The van der Waals surface area contributed by atoms with Gasteiger partial charge in [-0.2, -0.15) is 5.10 Å². The lowest BCUT2D eigenvalue weighted by Gasteiger charge is -2.44. The third-order valence-corrected chi connectivity index (χ3v) is 7.11. The molecule has 2 fully saturated rings. The Labute approximate surface area is 192 Å². The van der Waals surface area contributed by atoms with Crippen LogP contribution in [0.25, 0.3) is 11.3 Å². The highest BCUT2D eigenvalue weighted by molar-refractivity contribution is 5.62. The molecule has 2 aromatic carbocycles. The van der Waals surface area contributed by atoms with Crippen LogP contribution in [0.3, 0.4) is 0 Å². The Bertz CT molecular complexity index is 1020. The molecule has 5 heteroatoms. The second-order valence-corrected chi connectivity index (χ2v) is 9.38. The number of nitrogens with zero attached hydrogens (tertiary/aromatic N) is 5. The lowest BCUT2D eigenvalue weighted by atomic mass is 10.0. The van der Waals surface area contributed by atoms with Crippen molar-refractivity contribution in [2.75, 3.05) is 44.2 Å². The molecule has 168 valence electrons. The molecule has 5 nitrogen and oxygen atoms in total. The number of aromatic nitrogens is 2. The maximum absolute atomic E-state index is 4.77. The van der Waals surface area contributed by atoms with E-state index in [0.717, 1.165) is 45.0 Å². The van der Waals surface area contributed by atoms with E-state index in [1.807, 2.05) is 11.7 Å². The van der Waals surface area contributed by atoms with Gasteiger partial charge in [-0.1, -0.05) is 48.5 Å². The number of rotatable bonds is 5. The number of hydrogen-bond donors (Lipinski definition) is 0. The summed E-state index contributed by atoms with van der Waals surface area (Å²) >= 11 is 0. The van der Waals surface area contributed by atoms with Crippen LogP contribution >= 0.6 is 0 Å². The van der Waals surface area contributed by atoms with E-state index in [1.165, 1.54) is 41.8 Å².